The van der Waals surface area contributed by atoms with Crippen molar-refractivity contribution < 1.29 is 9.31 Å². The third-order valence-corrected chi connectivity index (χ3v) is 4.52. The van der Waals surface area contributed by atoms with Crippen LogP contribution in [0.4, 0.5) is 0 Å². The lowest BCUT2D eigenvalue weighted by molar-refractivity contribution is 0.176. The van der Waals surface area contributed by atoms with E-state index in [4.69, 9.17) is 9.31 Å². The molecule has 0 amide bonds. The molecule has 1 aliphatic heterocycles. The van der Waals surface area contributed by atoms with Crippen LogP contribution in [-0.4, -0.2) is 38.8 Å². The summed E-state index contributed by atoms with van der Waals surface area (Å²) in [6.07, 6.45) is 6.65. The van der Waals surface area contributed by atoms with Crippen molar-refractivity contribution in [2.45, 2.75) is 25.0 Å². The van der Waals surface area contributed by atoms with Gasteiger partial charge in [-0.15, -0.1) is 0 Å². The molecule has 21 heavy (non-hydrogen) atoms. The first kappa shape index (κ1) is 13.3. The maximum Gasteiger partial charge on any atom is 0.494 e. The molecule has 4 heteroatoms. The smallest absolute Gasteiger partial charge is 0.401 e. The van der Waals surface area contributed by atoms with E-state index in [0.717, 1.165) is 19.4 Å². The SMILES string of the molecule is CN(C)CC1=C(B2O[C@H]3Cc4ccccc4[C@H]3O2)C=CC1. The number of nitrogens with zero attached hydrogens (tertiary/aromatic N) is 1. The second-order valence-electron chi connectivity index (χ2n) is 6.37. The third-order valence-electron chi connectivity index (χ3n) is 4.52. The minimum Gasteiger partial charge on any atom is -0.401 e. The summed E-state index contributed by atoms with van der Waals surface area (Å²) in [6, 6.07) is 8.53. The van der Waals surface area contributed by atoms with Gasteiger partial charge in [-0.05, 0) is 37.1 Å². The van der Waals surface area contributed by atoms with E-state index in [0.29, 0.717) is 0 Å². The Morgan fingerprint density at radius 1 is 1.24 bits per heavy atom. The summed E-state index contributed by atoms with van der Waals surface area (Å²) in [5, 5.41) is 0. The van der Waals surface area contributed by atoms with Crippen molar-refractivity contribution in [3.8, 4) is 0 Å². The molecular formula is C17H20BNO2. The summed E-state index contributed by atoms with van der Waals surface area (Å²) < 4.78 is 12.5. The lowest BCUT2D eigenvalue weighted by Crippen LogP contribution is -2.23. The zero-order valence-corrected chi connectivity index (χ0v) is 12.6. The van der Waals surface area contributed by atoms with Crippen LogP contribution in [0.5, 0.6) is 0 Å². The van der Waals surface area contributed by atoms with E-state index in [1.54, 1.807) is 0 Å². The van der Waals surface area contributed by atoms with Crippen LogP contribution in [0.2, 0.25) is 0 Å². The molecule has 1 fully saturated rings. The molecule has 0 aromatic heterocycles. The van der Waals surface area contributed by atoms with Gasteiger partial charge in [0.25, 0.3) is 0 Å². The molecular weight excluding hydrogens is 261 g/mol. The van der Waals surface area contributed by atoms with E-state index in [-0.39, 0.29) is 19.3 Å². The van der Waals surface area contributed by atoms with Gasteiger partial charge < -0.3 is 14.2 Å². The molecule has 0 unspecified atom stereocenters. The zero-order valence-electron chi connectivity index (χ0n) is 12.6. The number of hydrogen-bond donors (Lipinski definition) is 0. The molecule has 0 spiro atoms. The van der Waals surface area contributed by atoms with E-state index in [1.165, 1.54) is 22.2 Å². The van der Waals surface area contributed by atoms with Crippen LogP contribution in [-0.2, 0) is 15.7 Å². The second kappa shape index (κ2) is 5.13. The number of benzene rings is 1. The van der Waals surface area contributed by atoms with Crippen molar-refractivity contribution in [3.05, 3.63) is 58.6 Å². The highest BCUT2D eigenvalue weighted by Crippen LogP contribution is 2.43. The molecule has 108 valence electrons. The Morgan fingerprint density at radius 3 is 2.95 bits per heavy atom. The van der Waals surface area contributed by atoms with Crippen LogP contribution < -0.4 is 0 Å². The van der Waals surface area contributed by atoms with Crippen molar-refractivity contribution in [2.24, 2.45) is 0 Å². The number of fused-ring (bicyclic) bond motifs is 3. The van der Waals surface area contributed by atoms with E-state index in [1.807, 2.05) is 0 Å². The molecule has 2 aliphatic carbocycles. The van der Waals surface area contributed by atoms with Gasteiger partial charge in [0.05, 0.1) is 12.2 Å². The highest BCUT2D eigenvalue weighted by Gasteiger charge is 2.47. The summed E-state index contributed by atoms with van der Waals surface area (Å²) in [4.78, 5) is 2.20. The van der Waals surface area contributed by atoms with Gasteiger partial charge in [0, 0.05) is 13.0 Å². The van der Waals surface area contributed by atoms with Crippen LogP contribution in [0, 0.1) is 0 Å². The Labute approximate surface area is 126 Å². The van der Waals surface area contributed by atoms with E-state index >= 15 is 0 Å². The third kappa shape index (κ3) is 2.28. The Bertz CT molecular complexity index is 623. The summed E-state index contributed by atoms with van der Waals surface area (Å²) >= 11 is 0. The average Bonchev–Trinajstić information content (AvgIpc) is 3.10. The van der Waals surface area contributed by atoms with Crippen molar-refractivity contribution in [1.82, 2.24) is 4.90 Å². The number of hydrogen-bond acceptors (Lipinski definition) is 3. The van der Waals surface area contributed by atoms with Gasteiger partial charge in [-0.25, -0.2) is 0 Å². The fourth-order valence-corrected chi connectivity index (χ4v) is 3.62. The first-order chi connectivity index (χ1) is 10.2. The molecule has 0 radical (unpaired) electrons. The maximum atomic E-state index is 6.26. The minimum absolute atomic E-state index is 0.105. The molecule has 1 saturated heterocycles. The van der Waals surface area contributed by atoms with Crippen molar-refractivity contribution in [3.63, 3.8) is 0 Å². The Kier molecular flexibility index (Phi) is 3.25. The molecule has 3 aliphatic rings. The van der Waals surface area contributed by atoms with E-state index in [9.17, 15) is 0 Å². The maximum absolute atomic E-state index is 6.26. The van der Waals surface area contributed by atoms with Gasteiger partial charge in [-0.1, -0.05) is 42.0 Å². The lowest BCUT2D eigenvalue weighted by Gasteiger charge is -2.15. The predicted molar refractivity (Wildman–Crippen MR) is 83.9 cm³/mol. The van der Waals surface area contributed by atoms with Crippen LogP contribution >= 0.6 is 0 Å². The van der Waals surface area contributed by atoms with Crippen LogP contribution in [0.3, 0.4) is 0 Å². The molecule has 1 aromatic rings. The summed E-state index contributed by atoms with van der Waals surface area (Å²) in [5.74, 6) is 0. The lowest BCUT2D eigenvalue weighted by atomic mass is 9.76. The van der Waals surface area contributed by atoms with Crippen LogP contribution in [0.15, 0.2) is 47.5 Å². The molecule has 1 aromatic carbocycles. The van der Waals surface area contributed by atoms with E-state index < -0.39 is 0 Å². The second-order valence-corrected chi connectivity index (χ2v) is 6.37. The van der Waals surface area contributed by atoms with Crippen molar-refractivity contribution in [2.75, 3.05) is 20.6 Å². The molecule has 0 N–H and O–H groups in total. The van der Waals surface area contributed by atoms with Gasteiger partial charge >= 0.3 is 7.12 Å². The first-order valence-electron chi connectivity index (χ1n) is 7.64. The normalized spacial score (nSPS) is 26.9. The van der Waals surface area contributed by atoms with Crippen molar-refractivity contribution in [1.29, 1.82) is 0 Å². The minimum atomic E-state index is -0.193. The number of likely N-dealkylation sites (N-methyl/N-ethyl adjacent to an activating group) is 1. The van der Waals surface area contributed by atoms with Gasteiger partial charge in [0.15, 0.2) is 0 Å². The largest absolute Gasteiger partial charge is 0.494 e. The predicted octanol–water partition coefficient (Wildman–Crippen LogP) is 2.54. The number of rotatable bonds is 3. The molecule has 4 rings (SSSR count). The monoisotopic (exact) mass is 281 g/mol. The van der Waals surface area contributed by atoms with Crippen molar-refractivity contribution >= 4 is 7.12 Å². The zero-order chi connectivity index (χ0) is 14.4. The fourth-order valence-electron chi connectivity index (χ4n) is 3.62. The molecule has 3 nitrogen and oxygen atoms in total. The molecule has 0 bridgehead atoms. The Hall–Kier alpha value is -1.36. The molecule has 0 saturated carbocycles. The van der Waals surface area contributed by atoms with E-state index in [2.05, 4.69) is 55.4 Å². The molecule has 2 atom stereocenters. The van der Waals surface area contributed by atoms with Gasteiger partial charge in [-0.2, -0.15) is 0 Å². The van der Waals surface area contributed by atoms with Gasteiger partial charge in [0.1, 0.15) is 0 Å². The summed E-state index contributed by atoms with van der Waals surface area (Å²) in [5.41, 5.74) is 5.32. The Balaban J connectivity index is 1.57. The Morgan fingerprint density at radius 2 is 2.10 bits per heavy atom. The standard InChI is InChI=1S/C17H20BNO2/c1-19(2)11-13-7-5-9-15(13)18-20-16-10-12-6-3-4-8-14(12)17(16)21-18/h3-6,8-9,16-17H,7,10-11H2,1-2H3/t16-,17+/m0/s1. The number of allylic oxidation sites excluding steroid dienone is 3. The summed E-state index contributed by atoms with van der Waals surface area (Å²) in [7, 11) is 4.01. The van der Waals surface area contributed by atoms with Crippen LogP contribution in [0.1, 0.15) is 23.7 Å². The average molecular weight is 281 g/mol. The highest BCUT2D eigenvalue weighted by molar-refractivity contribution is 6.55. The quantitative estimate of drug-likeness (QED) is 0.795. The van der Waals surface area contributed by atoms with Gasteiger partial charge in [0.2, 0.25) is 0 Å². The highest BCUT2D eigenvalue weighted by atomic mass is 16.7. The van der Waals surface area contributed by atoms with Gasteiger partial charge in [-0.3, -0.25) is 0 Å². The fraction of sp³-hybridized carbons (Fsp3) is 0.412. The first-order valence-corrected chi connectivity index (χ1v) is 7.64. The summed E-state index contributed by atoms with van der Waals surface area (Å²) in [6.45, 7) is 0.970. The topological polar surface area (TPSA) is 21.7 Å². The molecule has 1 heterocycles. The van der Waals surface area contributed by atoms with Crippen LogP contribution in [0.25, 0.3) is 0 Å².